The van der Waals surface area contributed by atoms with Crippen LogP contribution in [-0.4, -0.2) is 105 Å². The van der Waals surface area contributed by atoms with Crippen molar-refractivity contribution in [1.29, 1.82) is 0 Å². The van der Waals surface area contributed by atoms with Crippen molar-refractivity contribution >= 4 is 28.9 Å². The van der Waals surface area contributed by atoms with Crippen LogP contribution in [0.2, 0.25) is 0 Å². The highest BCUT2D eigenvalue weighted by molar-refractivity contribution is 5.82. The Balaban J connectivity index is 1.28. The summed E-state index contributed by atoms with van der Waals surface area (Å²) in [6, 6.07) is 8.25. The maximum absolute atomic E-state index is 13.9. The average molecular weight is 637 g/mol. The van der Waals surface area contributed by atoms with Crippen LogP contribution >= 0.6 is 0 Å². The topological polar surface area (TPSA) is 152 Å². The Bertz CT molecular complexity index is 1510. The van der Waals surface area contributed by atoms with Crippen molar-refractivity contribution in [3.63, 3.8) is 0 Å². The van der Waals surface area contributed by atoms with Crippen molar-refractivity contribution in [2.45, 2.75) is 77.4 Å². The molecule has 1 atom stereocenters. The molecule has 5 rings (SSSR count). The van der Waals surface area contributed by atoms with E-state index in [1.165, 1.54) is 24.5 Å². The lowest BCUT2D eigenvalue weighted by Gasteiger charge is -2.31. The lowest BCUT2D eigenvalue weighted by Crippen LogP contribution is -2.45. The SMILES string of the molecule is CCCCOc1nc(N)c2[nH]c(=O)n(CCCN(Cc3ccc(CC(=O)OC)cc3)C(=O)CN3CCC[C@H]3CN3CCCC3)c2n1. The summed E-state index contributed by atoms with van der Waals surface area (Å²) < 4.78 is 12.0. The molecule has 4 heterocycles. The number of aromatic nitrogens is 4. The number of carbonyl (C=O) groups excluding carboxylic acids is 2. The van der Waals surface area contributed by atoms with Gasteiger partial charge in [-0.15, -0.1) is 0 Å². The minimum atomic E-state index is -0.331. The molecule has 0 unspecified atom stereocenters. The Hall–Kier alpha value is -3.97. The number of H-pyrrole nitrogens is 1. The minimum Gasteiger partial charge on any atom is -0.469 e. The number of hydrogen-bond donors (Lipinski definition) is 2. The number of fused-ring (bicyclic) bond motifs is 1. The van der Waals surface area contributed by atoms with Crippen LogP contribution < -0.4 is 16.2 Å². The van der Waals surface area contributed by atoms with Gasteiger partial charge in [-0.2, -0.15) is 9.97 Å². The molecule has 1 aromatic carbocycles. The van der Waals surface area contributed by atoms with Crippen molar-refractivity contribution < 1.29 is 19.1 Å². The summed E-state index contributed by atoms with van der Waals surface area (Å²) in [4.78, 5) is 56.7. The number of nitrogen functional groups attached to an aromatic ring is 1. The molecule has 13 heteroatoms. The van der Waals surface area contributed by atoms with Crippen LogP contribution in [0.3, 0.4) is 0 Å². The van der Waals surface area contributed by atoms with Gasteiger partial charge in [-0.25, -0.2) is 4.79 Å². The van der Waals surface area contributed by atoms with E-state index < -0.39 is 0 Å². The molecule has 2 aliphatic rings. The van der Waals surface area contributed by atoms with Gasteiger partial charge in [0, 0.05) is 32.2 Å². The molecule has 3 aromatic rings. The summed E-state index contributed by atoms with van der Waals surface area (Å²) in [5, 5.41) is 0. The third-order valence-electron chi connectivity index (χ3n) is 9.00. The predicted octanol–water partition coefficient (Wildman–Crippen LogP) is 2.58. The zero-order valence-corrected chi connectivity index (χ0v) is 27.2. The highest BCUT2D eigenvalue weighted by atomic mass is 16.5. The fourth-order valence-corrected chi connectivity index (χ4v) is 6.39. The van der Waals surface area contributed by atoms with Gasteiger partial charge in [0.2, 0.25) is 5.91 Å². The number of rotatable bonds is 16. The number of amides is 1. The smallest absolute Gasteiger partial charge is 0.327 e. The number of imidazole rings is 1. The maximum Gasteiger partial charge on any atom is 0.327 e. The second-order valence-electron chi connectivity index (χ2n) is 12.4. The second kappa shape index (κ2) is 16.0. The summed E-state index contributed by atoms with van der Waals surface area (Å²) in [5.41, 5.74) is 8.40. The zero-order chi connectivity index (χ0) is 32.5. The van der Waals surface area contributed by atoms with Gasteiger partial charge in [0.1, 0.15) is 5.52 Å². The standard InChI is InChI=1S/C33H48N8O5/c1-3-4-19-46-32-36-30(34)29-31(37-32)41(33(44)35-29)18-8-17-40(21-25-12-10-24(11-13-25)20-28(43)45-2)27(42)23-39-16-7-9-26(39)22-38-14-5-6-15-38/h10-13,26H,3-9,14-23H2,1-2H3,(H,35,44)(H2,34,36,37)/t26-/m0/s1. The number of nitrogens with two attached hydrogens (primary N) is 1. The third kappa shape index (κ3) is 8.64. The fraction of sp³-hybridized carbons (Fsp3) is 0.606. The van der Waals surface area contributed by atoms with E-state index in [1.807, 2.05) is 29.2 Å². The first-order chi connectivity index (χ1) is 22.3. The molecule has 13 nitrogen and oxygen atoms in total. The van der Waals surface area contributed by atoms with Crippen LogP contribution in [0.1, 0.15) is 63.0 Å². The molecule has 0 aliphatic carbocycles. The molecule has 2 saturated heterocycles. The number of unbranched alkanes of at least 4 members (excludes halogenated alkanes) is 1. The number of benzene rings is 1. The van der Waals surface area contributed by atoms with Gasteiger partial charge in [-0.05, 0) is 69.3 Å². The highest BCUT2D eigenvalue weighted by Crippen LogP contribution is 2.22. The Kier molecular flexibility index (Phi) is 11.6. The summed E-state index contributed by atoms with van der Waals surface area (Å²) in [6.45, 7) is 8.36. The number of anilines is 1. The number of carbonyl (C=O) groups is 2. The number of methoxy groups -OCH3 is 1. The van der Waals surface area contributed by atoms with E-state index in [-0.39, 0.29) is 35.8 Å². The molecule has 46 heavy (non-hydrogen) atoms. The number of nitrogens with one attached hydrogen (secondary N) is 1. The molecular weight excluding hydrogens is 588 g/mol. The molecule has 3 N–H and O–H groups in total. The first-order valence-electron chi connectivity index (χ1n) is 16.6. The van der Waals surface area contributed by atoms with Gasteiger partial charge < -0.3 is 30.0 Å². The number of aryl methyl sites for hydroxylation is 1. The summed E-state index contributed by atoms with van der Waals surface area (Å²) in [6.07, 6.45) is 7.28. The summed E-state index contributed by atoms with van der Waals surface area (Å²) in [5.74, 6) is -0.0665. The van der Waals surface area contributed by atoms with Crippen LogP contribution in [0.5, 0.6) is 6.01 Å². The molecule has 2 aromatic heterocycles. The van der Waals surface area contributed by atoms with Gasteiger partial charge in [0.25, 0.3) is 0 Å². The molecule has 0 radical (unpaired) electrons. The van der Waals surface area contributed by atoms with Crippen molar-refractivity contribution in [3.05, 3.63) is 45.9 Å². The Morgan fingerprint density at radius 2 is 1.83 bits per heavy atom. The summed E-state index contributed by atoms with van der Waals surface area (Å²) >= 11 is 0. The van der Waals surface area contributed by atoms with Crippen LogP contribution in [0, 0.1) is 0 Å². The van der Waals surface area contributed by atoms with E-state index in [4.69, 9.17) is 15.2 Å². The molecule has 1 amide bonds. The Morgan fingerprint density at radius 3 is 2.57 bits per heavy atom. The maximum atomic E-state index is 13.9. The lowest BCUT2D eigenvalue weighted by molar-refractivity contribution is -0.139. The molecule has 0 saturated carbocycles. The van der Waals surface area contributed by atoms with E-state index in [2.05, 4.69) is 31.7 Å². The quantitative estimate of drug-likeness (QED) is 0.177. The Morgan fingerprint density at radius 1 is 1.07 bits per heavy atom. The van der Waals surface area contributed by atoms with Crippen LogP contribution in [0.25, 0.3) is 11.2 Å². The predicted molar refractivity (Wildman–Crippen MR) is 175 cm³/mol. The fourth-order valence-electron chi connectivity index (χ4n) is 6.39. The van der Waals surface area contributed by atoms with E-state index in [9.17, 15) is 14.4 Å². The van der Waals surface area contributed by atoms with Crippen LogP contribution in [0.4, 0.5) is 5.82 Å². The molecule has 250 valence electrons. The van der Waals surface area contributed by atoms with Crippen molar-refractivity contribution in [1.82, 2.24) is 34.2 Å². The van der Waals surface area contributed by atoms with Crippen molar-refractivity contribution in [2.75, 3.05) is 58.7 Å². The first kappa shape index (κ1) is 33.4. The molecule has 2 aliphatic heterocycles. The van der Waals surface area contributed by atoms with Crippen LogP contribution in [-0.2, 0) is 33.8 Å². The number of hydrogen-bond acceptors (Lipinski definition) is 10. The molecule has 2 fully saturated rings. The van der Waals surface area contributed by atoms with Gasteiger partial charge in [-0.1, -0.05) is 37.6 Å². The average Bonchev–Trinajstić information content (AvgIpc) is 3.79. The number of ether oxygens (including phenoxy) is 2. The van der Waals surface area contributed by atoms with Crippen molar-refractivity contribution in [2.24, 2.45) is 0 Å². The monoisotopic (exact) mass is 636 g/mol. The lowest BCUT2D eigenvalue weighted by atomic mass is 10.1. The Labute approximate surface area is 270 Å². The van der Waals surface area contributed by atoms with E-state index in [0.29, 0.717) is 56.4 Å². The first-order valence-corrected chi connectivity index (χ1v) is 16.6. The minimum absolute atomic E-state index is 0.0661. The molecule has 0 spiro atoms. The van der Waals surface area contributed by atoms with Gasteiger partial charge >= 0.3 is 17.7 Å². The second-order valence-corrected chi connectivity index (χ2v) is 12.4. The third-order valence-corrected chi connectivity index (χ3v) is 9.00. The molecule has 0 bridgehead atoms. The molecular formula is C33H48N8O5. The number of esters is 1. The van der Waals surface area contributed by atoms with E-state index in [1.54, 1.807) is 0 Å². The van der Waals surface area contributed by atoms with Crippen LogP contribution in [0.15, 0.2) is 29.1 Å². The van der Waals surface area contributed by atoms with Gasteiger partial charge in [0.05, 0.1) is 26.7 Å². The summed E-state index contributed by atoms with van der Waals surface area (Å²) in [7, 11) is 1.38. The van der Waals surface area contributed by atoms with E-state index >= 15 is 0 Å². The van der Waals surface area contributed by atoms with E-state index in [0.717, 1.165) is 63.0 Å². The number of aromatic amines is 1. The van der Waals surface area contributed by atoms with Gasteiger partial charge in [0.15, 0.2) is 11.5 Å². The number of likely N-dealkylation sites (tertiary alicyclic amines) is 2. The zero-order valence-electron chi connectivity index (χ0n) is 27.2. The largest absolute Gasteiger partial charge is 0.469 e. The number of nitrogens with zero attached hydrogens (tertiary/aromatic N) is 6. The van der Waals surface area contributed by atoms with Gasteiger partial charge in [-0.3, -0.25) is 19.1 Å². The normalized spacial score (nSPS) is 17.1. The van der Waals surface area contributed by atoms with Crippen molar-refractivity contribution in [3.8, 4) is 6.01 Å². The highest BCUT2D eigenvalue weighted by Gasteiger charge is 2.30.